The molecular weight excluding hydrogens is 496 g/mol. The number of carbonyl (C=O) groups excluding carboxylic acids is 1. The molecule has 0 fully saturated rings. The molecule has 0 radical (unpaired) electrons. The molecule has 0 spiro atoms. The van der Waals surface area contributed by atoms with E-state index in [4.69, 9.17) is 14.8 Å². The number of rotatable bonds is 7. The van der Waals surface area contributed by atoms with Gasteiger partial charge in [-0.1, -0.05) is 6.07 Å². The van der Waals surface area contributed by atoms with Crippen LogP contribution in [0, 0.1) is 5.41 Å². The molecule has 7 nitrogen and oxygen atoms in total. The van der Waals surface area contributed by atoms with Gasteiger partial charge in [0.2, 0.25) is 0 Å². The topological polar surface area (TPSA) is 101 Å². The van der Waals surface area contributed by atoms with E-state index in [0.29, 0.717) is 15.7 Å². The molecule has 32 heavy (non-hydrogen) atoms. The molecule has 1 aliphatic rings. The molecule has 0 aromatic heterocycles. The van der Waals surface area contributed by atoms with Gasteiger partial charge in [0.05, 0.1) is 11.1 Å². The number of ether oxygens (including phenoxy) is 2. The van der Waals surface area contributed by atoms with E-state index in [1.165, 1.54) is 19.1 Å². The summed E-state index contributed by atoms with van der Waals surface area (Å²) < 4.78 is 52.2. The molecule has 0 saturated carbocycles. The predicted molar refractivity (Wildman–Crippen MR) is 114 cm³/mol. The normalized spacial score (nSPS) is 15.0. The van der Waals surface area contributed by atoms with Crippen LogP contribution in [0.4, 0.5) is 13.2 Å². The largest absolute Gasteiger partial charge is 0.573 e. The minimum atomic E-state index is -4.83. The number of nitrogens with one attached hydrogen (secondary N) is 2. The second-order valence-electron chi connectivity index (χ2n) is 7.39. The van der Waals surface area contributed by atoms with Gasteiger partial charge < -0.3 is 29.9 Å². The van der Waals surface area contributed by atoms with Crippen LogP contribution in [-0.2, 0) is 11.3 Å². The highest BCUT2D eigenvalue weighted by Crippen LogP contribution is 2.29. The number of carbonyl (C=O) groups is 1. The third-order valence-electron chi connectivity index (χ3n) is 4.96. The van der Waals surface area contributed by atoms with Crippen molar-refractivity contribution in [2.75, 3.05) is 6.61 Å². The molecule has 0 unspecified atom stereocenters. The Balaban J connectivity index is 1.71. The molecular formula is C20H19BBrF3N2O5. The molecule has 1 atom stereocenters. The lowest BCUT2D eigenvalue weighted by atomic mass is 9.79. The van der Waals surface area contributed by atoms with Gasteiger partial charge in [-0.05, 0) is 65.7 Å². The SMILES string of the molecule is CC(=N)[C@@](C)(COc1ccc2c(c1Br)B(O)OC2)NC(=O)c1ccc(OC(F)(F)F)cc1. The van der Waals surface area contributed by atoms with Crippen LogP contribution in [0.25, 0.3) is 0 Å². The Hall–Kier alpha value is -2.57. The fraction of sp³-hybridized carbons (Fsp3) is 0.300. The molecule has 3 rings (SSSR count). The monoisotopic (exact) mass is 514 g/mol. The fourth-order valence-corrected chi connectivity index (χ4v) is 3.66. The van der Waals surface area contributed by atoms with Gasteiger partial charge in [-0.15, -0.1) is 13.2 Å². The van der Waals surface area contributed by atoms with E-state index in [1.807, 2.05) is 0 Å². The summed E-state index contributed by atoms with van der Waals surface area (Å²) in [4.78, 5) is 12.7. The molecule has 1 amide bonds. The van der Waals surface area contributed by atoms with Gasteiger partial charge in [-0.3, -0.25) is 4.79 Å². The number of benzene rings is 2. The second-order valence-corrected chi connectivity index (χ2v) is 8.18. The van der Waals surface area contributed by atoms with Crippen molar-refractivity contribution in [1.29, 1.82) is 5.41 Å². The zero-order valence-electron chi connectivity index (χ0n) is 17.0. The van der Waals surface area contributed by atoms with Crippen molar-refractivity contribution in [1.82, 2.24) is 5.32 Å². The number of hydrogen-bond donors (Lipinski definition) is 3. The van der Waals surface area contributed by atoms with Gasteiger partial charge in [0.1, 0.15) is 23.6 Å². The molecule has 0 aliphatic carbocycles. The van der Waals surface area contributed by atoms with E-state index >= 15 is 0 Å². The van der Waals surface area contributed by atoms with Crippen LogP contribution in [0.1, 0.15) is 29.8 Å². The molecule has 3 N–H and O–H groups in total. The zero-order chi connectivity index (χ0) is 23.7. The lowest BCUT2D eigenvalue weighted by molar-refractivity contribution is -0.274. The number of fused-ring (bicyclic) bond motifs is 1. The van der Waals surface area contributed by atoms with Gasteiger partial charge in [0.15, 0.2) is 0 Å². The average Bonchev–Trinajstić information content (AvgIpc) is 3.08. The Kier molecular flexibility index (Phi) is 6.87. The van der Waals surface area contributed by atoms with Crippen LogP contribution in [0.3, 0.4) is 0 Å². The van der Waals surface area contributed by atoms with Gasteiger partial charge in [-0.2, -0.15) is 0 Å². The first-order valence-electron chi connectivity index (χ1n) is 9.37. The summed E-state index contributed by atoms with van der Waals surface area (Å²) in [5.41, 5.74) is 0.343. The van der Waals surface area contributed by atoms with Crippen molar-refractivity contribution in [3.8, 4) is 11.5 Å². The smallest absolute Gasteiger partial charge is 0.490 e. The van der Waals surface area contributed by atoms with Crippen molar-refractivity contribution in [3.63, 3.8) is 0 Å². The molecule has 1 heterocycles. The van der Waals surface area contributed by atoms with Gasteiger partial charge >= 0.3 is 13.5 Å². The first-order valence-corrected chi connectivity index (χ1v) is 10.2. The van der Waals surface area contributed by atoms with E-state index in [-0.39, 0.29) is 24.5 Å². The van der Waals surface area contributed by atoms with Gasteiger partial charge in [0.25, 0.3) is 5.91 Å². The summed E-state index contributed by atoms with van der Waals surface area (Å²) >= 11 is 3.39. The van der Waals surface area contributed by atoms with Crippen LogP contribution in [-0.4, -0.2) is 42.3 Å². The Bertz CT molecular complexity index is 1040. The van der Waals surface area contributed by atoms with Crippen LogP contribution in [0.2, 0.25) is 0 Å². The minimum absolute atomic E-state index is 0.0889. The molecule has 12 heteroatoms. The van der Waals surface area contributed by atoms with Crippen molar-refractivity contribution in [2.24, 2.45) is 0 Å². The highest BCUT2D eigenvalue weighted by molar-refractivity contribution is 9.10. The van der Waals surface area contributed by atoms with E-state index in [2.05, 4.69) is 26.0 Å². The molecule has 0 bridgehead atoms. The number of amides is 1. The van der Waals surface area contributed by atoms with Crippen molar-refractivity contribution < 1.29 is 37.1 Å². The second kappa shape index (κ2) is 9.12. The Morgan fingerprint density at radius 2 is 1.94 bits per heavy atom. The zero-order valence-corrected chi connectivity index (χ0v) is 18.6. The molecule has 2 aromatic carbocycles. The predicted octanol–water partition coefficient (Wildman–Crippen LogP) is 3.17. The maximum absolute atomic E-state index is 12.7. The van der Waals surface area contributed by atoms with E-state index < -0.39 is 30.7 Å². The quantitative estimate of drug-likeness (QED) is 0.389. The third kappa shape index (κ3) is 5.43. The highest BCUT2D eigenvalue weighted by Gasteiger charge is 2.34. The lowest BCUT2D eigenvalue weighted by Crippen LogP contribution is -2.55. The Morgan fingerprint density at radius 3 is 2.53 bits per heavy atom. The van der Waals surface area contributed by atoms with Crippen molar-refractivity contribution >= 4 is 40.1 Å². The number of hydrogen-bond acceptors (Lipinski definition) is 6. The van der Waals surface area contributed by atoms with Gasteiger partial charge in [-0.25, -0.2) is 0 Å². The minimum Gasteiger partial charge on any atom is -0.490 e. The fourth-order valence-electron chi connectivity index (χ4n) is 2.96. The van der Waals surface area contributed by atoms with Crippen LogP contribution in [0.5, 0.6) is 11.5 Å². The van der Waals surface area contributed by atoms with E-state index in [9.17, 15) is 23.0 Å². The summed E-state index contributed by atoms with van der Waals surface area (Å²) in [6.07, 6.45) is -4.83. The van der Waals surface area contributed by atoms with E-state index in [1.54, 1.807) is 19.1 Å². The van der Waals surface area contributed by atoms with Crippen molar-refractivity contribution in [2.45, 2.75) is 32.4 Å². The third-order valence-corrected chi connectivity index (χ3v) is 5.78. The highest BCUT2D eigenvalue weighted by atomic mass is 79.9. The van der Waals surface area contributed by atoms with Gasteiger partial charge in [0, 0.05) is 16.7 Å². The van der Waals surface area contributed by atoms with Crippen LogP contribution in [0.15, 0.2) is 40.9 Å². The first kappa shape index (κ1) is 24.1. The standard InChI is InChI=1S/C20H19BBrF3N2O5/c1-11(26)19(2,10-30-15-8-5-13-9-31-21(29)16(13)17(15)22)27-18(28)12-3-6-14(7-4-12)32-20(23,24)25/h3-8,26,29H,9-10H2,1-2H3,(H,27,28)/t19-/m1/s1. The Morgan fingerprint density at radius 1 is 1.28 bits per heavy atom. The van der Waals surface area contributed by atoms with Crippen molar-refractivity contribution in [3.05, 3.63) is 52.0 Å². The van der Waals surface area contributed by atoms with E-state index in [0.717, 1.165) is 17.7 Å². The summed E-state index contributed by atoms with van der Waals surface area (Å²) in [6, 6.07) is 7.88. The average molecular weight is 515 g/mol. The molecule has 2 aromatic rings. The Labute approximate surface area is 190 Å². The maximum Gasteiger partial charge on any atom is 0.573 e. The summed E-state index contributed by atoms with van der Waals surface area (Å²) in [5.74, 6) is -0.655. The van der Waals surface area contributed by atoms with Crippen LogP contribution < -0.4 is 20.3 Å². The van der Waals surface area contributed by atoms with Crippen LogP contribution >= 0.6 is 15.9 Å². The number of halogens is 4. The molecule has 1 aliphatic heterocycles. The summed E-state index contributed by atoms with van der Waals surface area (Å²) in [5, 5.41) is 20.7. The lowest BCUT2D eigenvalue weighted by Gasteiger charge is -2.30. The molecule has 170 valence electrons. The number of alkyl halides is 3. The molecule has 0 saturated heterocycles. The summed E-state index contributed by atoms with van der Waals surface area (Å²) in [6.45, 7) is 3.25. The maximum atomic E-state index is 12.7. The summed E-state index contributed by atoms with van der Waals surface area (Å²) in [7, 11) is -1.08. The first-order chi connectivity index (χ1) is 14.9.